The van der Waals surface area contributed by atoms with E-state index in [2.05, 4.69) is 15.5 Å². The molecule has 136 valence electrons. The lowest BCUT2D eigenvalue weighted by atomic mass is 10.0. The zero-order chi connectivity index (χ0) is 17.9. The number of benzene rings is 1. The normalized spacial score (nSPS) is 18.5. The molecule has 25 heavy (non-hydrogen) atoms. The summed E-state index contributed by atoms with van der Waals surface area (Å²) in [5, 5.41) is 10.7. The smallest absolute Gasteiger partial charge is 0.416 e. The molecule has 0 spiro atoms. The van der Waals surface area contributed by atoms with Crippen LogP contribution in [0.3, 0.4) is 0 Å². The van der Waals surface area contributed by atoms with Crippen molar-refractivity contribution < 1.29 is 26.7 Å². The molecule has 0 aliphatic carbocycles. The Balaban J connectivity index is 1.57. The molecular weight excluding hydrogens is 342 g/mol. The van der Waals surface area contributed by atoms with E-state index in [1.54, 1.807) is 0 Å². The van der Waals surface area contributed by atoms with Crippen molar-refractivity contribution in [2.24, 2.45) is 0 Å². The molecule has 1 atom stereocenters. The standard InChI is InChI=1S/C16H17F4N3O2/c17-13-4-3-12(16(18,19)20)6-11(13)7-21-8-14-22-23-15(25-14)10-2-1-5-24-9-10/h3-4,6,10,21H,1-2,5,7-9H2. The molecule has 1 fully saturated rings. The summed E-state index contributed by atoms with van der Waals surface area (Å²) in [6.07, 6.45) is -2.67. The van der Waals surface area contributed by atoms with E-state index in [1.807, 2.05) is 0 Å². The minimum Gasteiger partial charge on any atom is -0.423 e. The Kier molecular flexibility index (Phi) is 5.33. The molecule has 1 aromatic heterocycles. The Morgan fingerprint density at radius 3 is 2.76 bits per heavy atom. The second-order valence-corrected chi connectivity index (χ2v) is 5.86. The fourth-order valence-corrected chi connectivity index (χ4v) is 2.63. The van der Waals surface area contributed by atoms with Crippen molar-refractivity contribution in [3.05, 3.63) is 46.9 Å². The van der Waals surface area contributed by atoms with Crippen molar-refractivity contribution in [1.29, 1.82) is 0 Å². The number of hydrogen-bond donors (Lipinski definition) is 1. The van der Waals surface area contributed by atoms with Crippen LogP contribution in [0.5, 0.6) is 0 Å². The fourth-order valence-electron chi connectivity index (χ4n) is 2.63. The maximum absolute atomic E-state index is 13.7. The first kappa shape index (κ1) is 17.8. The van der Waals surface area contributed by atoms with Crippen molar-refractivity contribution >= 4 is 0 Å². The van der Waals surface area contributed by atoms with Crippen LogP contribution in [0.4, 0.5) is 17.6 Å². The second-order valence-electron chi connectivity index (χ2n) is 5.86. The molecule has 1 aliphatic rings. The topological polar surface area (TPSA) is 60.2 Å². The summed E-state index contributed by atoms with van der Waals surface area (Å²) >= 11 is 0. The molecule has 1 aliphatic heterocycles. The predicted octanol–water partition coefficient (Wildman–Crippen LogP) is 3.41. The molecule has 1 aromatic carbocycles. The monoisotopic (exact) mass is 359 g/mol. The first-order valence-electron chi connectivity index (χ1n) is 7.90. The number of ether oxygens (including phenoxy) is 1. The molecular formula is C16H17F4N3O2. The van der Waals surface area contributed by atoms with Crippen LogP contribution in [-0.2, 0) is 24.0 Å². The highest BCUT2D eigenvalue weighted by Crippen LogP contribution is 2.30. The summed E-state index contributed by atoms with van der Waals surface area (Å²) in [5.41, 5.74) is -0.960. The van der Waals surface area contributed by atoms with Crippen LogP contribution in [0.1, 0.15) is 41.7 Å². The minimum atomic E-state index is -4.51. The van der Waals surface area contributed by atoms with Gasteiger partial charge < -0.3 is 14.5 Å². The highest BCUT2D eigenvalue weighted by molar-refractivity contribution is 5.27. The van der Waals surface area contributed by atoms with E-state index < -0.39 is 17.6 Å². The largest absolute Gasteiger partial charge is 0.423 e. The molecule has 2 aromatic rings. The molecule has 9 heteroatoms. The molecule has 1 N–H and O–H groups in total. The van der Waals surface area contributed by atoms with E-state index in [-0.39, 0.29) is 24.6 Å². The van der Waals surface area contributed by atoms with Gasteiger partial charge in [0.25, 0.3) is 0 Å². The van der Waals surface area contributed by atoms with E-state index in [1.165, 1.54) is 0 Å². The molecule has 2 heterocycles. The van der Waals surface area contributed by atoms with Gasteiger partial charge in [-0.1, -0.05) is 0 Å². The third-order valence-electron chi connectivity index (χ3n) is 3.96. The lowest BCUT2D eigenvalue weighted by molar-refractivity contribution is -0.137. The van der Waals surface area contributed by atoms with Gasteiger partial charge in [-0.3, -0.25) is 0 Å². The zero-order valence-corrected chi connectivity index (χ0v) is 13.3. The van der Waals surface area contributed by atoms with E-state index >= 15 is 0 Å². The molecule has 0 bridgehead atoms. The highest BCUT2D eigenvalue weighted by Gasteiger charge is 2.31. The van der Waals surface area contributed by atoms with Crippen LogP contribution in [0.2, 0.25) is 0 Å². The molecule has 1 saturated heterocycles. The van der Waals surface area contributed by atoms with Crippen molar-refractivity contribution in [2.45, 2.75) is 38.0 Å². The van der Waals surface area contributed by atoms with Gasteiger partial charge in [-0.2, -0.15) is 13.2 Å². The Hall–Kier alpha value is -2.00. The lowest BCUT2D eigenvalue weighted by Crippen LogP contribution is -2.16. The van der Waals surface area contributed by atoms with Crippen LogP contribution in [0, 0.1) is 5.82 Å². The van der Waals surface area contributed by atoms with Crippen LogP contribution in [0.25, 0.3) is 0 Å². The SMILES string of the molecule is Fc1ccc(C(F)(F)F)cc1CNCc1nnc(C2CCCOC2)o1. The van der Waals surface area contributed by atoms with Gasteiger partial charge >= 0.3 is 6.18 Å². The molecule has 1 unspecified atom stereocenters. The summed E-state index contributed by atoms with van der Waals surface area (Å²) in [7, 11) is 0. The molecule has 0 radical (unpaired) electrons. The third-order valence-corrected chi connectivity index (χ3v) is 3.96. The Bertz CT molecular complexity index is 712. The second kappa shape index (κ2) is 7.49. The highest BCUT2D eigenvalue weighted by atomic mass is 19.4. The lowest BCUT2D eigenvalue weighted by Gasteiger charge is -2.18. The number of aromatic nitrogens is 2. The van der Waals surface area contributed by atoms with Gasteiger partial charge in [-0.05, 0) is 31.0 Å². The van der Waals surface area contributed by atoms with E-state index in [4.69, 9.17) is 9.15 Å². The van der Waals surface area contributed by atoms with Crippen LogP contribution < -0.4 is 5.32 Å². The van der Waals surface area contributed by atoms with Gasteiger partial charge in [0.1, 0.15) is 5.82 Å². The summed E-state index contributed by atoms with van der Waals surface area (Å²) < 4.78 is 62.6. The van der Waals surface area contributed by atoms with Crippen molar-refractivity contribution in [2.75, 3.05) is 13.2 Å². The molecule has 3 rings (SSSR count). The van der Waals surface area contributed by atoms with Gasteiger partial charge in [0.2, 0.25) is 11.8 Å². The number of alkyl halides is 3. The summed E-state index contributed by atoms with van der Waals surface area (Å²) in [6.45, 7) is 1.31. The van der Waals surface area contributed by atoms with Crippen LogP contribution in [-0.4, -0.2) is 23.4 Å². The number of rotatable bonds is 5. The maximum atomic E-state index is 13.7. The van der Waals surface area contributed by atoms with Crippen LogP contribution >= 0.6 is 0 Å². The van der Waals surface area contributed by atoms with Crippen molar-refractivity contribution in [3.8, 4) is 0 Å². The number of nitrogens with zero attached hydrogens (tertiary/aromatic N) is 2. The van der Waals surface area contributed by atoms with Crippen molar-refractivity contribution in [3.63, 3.8) is 0 Å². The molecule has 0 amide bonds. The summed E-state index contributed by atoms with van der Waals surface area (Å²) in [4.78, 5) is 0. The average molecular weight is 359 g/mol. The minimum absolute atomic E-state index is 0.0657. The van der Waals surface area contributed by atoms with Gasteiger partial charge in [0.05, 0.1) is 24.6 Å². The fraction of sp³-hybridized carbons (Fsp3) is 0.500. The Morgan fingerprint density at radius 2 is 2.04 bits per heavy atom. The van der Waals surface area contributed by atoms with Gasteiger partial charge in [0, 0.05) is 18.7 Å². The third kappa shape index (κ3) is 4.55. The maximum Gasteiger partial charge on any atom is 0.416 e. The number of halogens is 4. The Morgan fingerprint density at radius 1 is 1.20 bits per heavy atom. The van der Waals surface area contributed by atoms with E-state index in [9.17, 15) is 17.6 Å². The number of hydrogen-bond acceptors (Lipinski definition) is 5. The first-order valence-corrected chi connectivity index (χ1v) is 7.90. The van der Waals surface area contributed by atoms with E-state index in [0.29, 0.717) is 18.4 Å². The molecule has 5 nitrogen and oxygen atoms in total. The first-order chi connectivity index (χ1) is 11.9. The Labute approximate surface area is 141 Å². The van der Waals surface area contributed by atoms with Gasteiger partial charge in [-0.25, -0.2) is 4.39 Å². The summed E-state index contributed by atoms with van der Waals surface area (Å²) in [5.74, 6) is 0.150. The zero-order valence-electron chi connectivity index (χ0n) is 13.3. The van der Waals surface area contributed by atoms with Gasteiger partial charge in [-0.15, -0.1) is 10.2 Å². The molecule has 0 saturated carbocycles. The average Bonchev–Trinajstić information content (AvgIpc) is 3.05. The summed E-state index contributed by atoms with van der Waals surface area (Å²) in [6, 6.07) is 2.32. The van der Waals surface area contributed by atoms with Crippen molar-refractivity contribution in [1.82, 2.24) is 15.5 Å². The predicted molar refractivity (Wildman–Crippen MR) is 79.0 cm³/mol. The number of nitrogens with one attached hydrogen (secondary N) is 1. The van der Waals surface area contributed by atoms with Gasteiger partial charge in [0.15, 0.2) is 0 Å². The quantitative estimate of drug-likeness (QED) is 0.829. The van der Waals surface area contributed by atoms with Crippen LogP contribution in [0.15, 0.2) is 22.6 Å². The van der Waals surface area contributed by atoms with E-state index in [0.717, 1.165) is 37.6 Å².